The zero-order valence-corrected chi connectivity index (χ0v) is 13.2. The summed E-state index contributed by atoms with van der Waals surface area (Å²) < 4.78 is 11.0. The van der Waals surface area contributed by atoms with Crippen LogP contribution in [0, 0.1) is 0 Å². The van der Waals surface area contributed by atoms with Crippen molar-refractivity contribution in [3.05, 3.63) is 0 Å². The molecule has 0 aromatic carbocycles. The van der Waals surface area contributed by atoms with Gasteiger partial charge in [0.1, 0.15) is 11.6 Å². The molecule has 0 spiro atoms. The van der Waals surface area contributed by atoms with Gasteiger partial charge in [-0.1, -0.05) is 20.8 Å². The standard InChI is InChI=1S/C15H26N2O4/c1-4-12-13(18)16-15(5-2,6-3)14(19)17(12)9-11-10-20-7-8-21-11/h11-12H,4-10H2,1-3H3,(H,16,18). The van der Waals surface area contributed by atoms with Gasteiger partial charge in [0.2, 0.25) is 11.8 Å². The second-order valence-electron chi connectivity index (χ2n) is 5.73. The van der Waals surface area contributed by atoms with Crippen LogP contribution in [0.4, 0.5) is 0 Å². The van der Waals surface area contributed by atoms with Crippen molar-refractivity contribution in [2.24, 2.45) is 0 Å². The van der Waals surface area contributed by atoms with Crippen LogP contribution < -0.4 is 5.32 Å². The van der Waals surface area contributed by atoms with Crippen LogP contribution in [0.3, 0.4) is 0 Å². The van der Waals surface area contributed by atoms with Gasteiger partial charge in [0.25, 0.3) is 0 Å². The van der Waals surface area contributed by atoms with Crippen molar-refractivity contribution in [1.29, 1.82) is 0 Å². The predicted octanol–water partition coefficient (Wildman–Crippen LogP) is 0.698. The molecule has 2 aliphatic rings. The van der Waals surface area contributed by atoms with E-state index in [0.29, 0.717) is 45.6 Å². The largest absolute Gasteiger partial charge is 0.376 e. The number of nitrogens with one attached hydrogen (secondary N) is 1. The summed E-state index contributed by atoms with van der Waals surface area (Å²) in [6.45, 7) is 7.84. The molecule has 6 nitrogen and oxygen atoms in total. The molecule has 0 bridgehead atoms. The Balaban J connectivity index is 2.19. The fourth-order valence-electron chi connectivity index (χ4n) is 3.14. The number of hydrogen-bond donors (Lipinski definition) is 1. The minimum absolute atomic E-state index is 0.00752. The zero-order valence-electron chi connectivity index (χ0n) is 13.2. The van der Waals surface area contributed by atoms with E-state index in [-0.39, 0.29) is 17.9 Å². The first-order valence-electron chi connectivity index (χ1n) is 7.90. The highest BCUT2D eigenvalue weighted by atomic mass is 16.6. The Hall–Kier alpha value is -1.14. The number of hydrogen-bond acceptors (Lipinski definition) is 4. The van der Waals surface area contributed by atoms with E-state index in [9.17, 15) is 9.59 Å². The molecule has 2 fully saturated rings. The summed E-state index contributed by atoms with van der Waals surface area (Å²) in [6.07, 6.45) is 1.66. The summed E-state index contributed by atoms with van der Waals surface area (Å²) in [4.78, 5) is 27.0. The lowest BCUT2D eigenvalue weighted by Gasteiger charge is -2.46. The van der Waals surface area contributed by atoms with Crippen LogP contribution in [0.5, 0.6) is 0 Å². The van der Waals surface area contributed by atoms with E-state index in [4.69, 9.17) is 9.47 Å². The van der Waals surface area contributed by atoms with E-state index in [1.54, 1.807) is 4.90 Å². The fraction of sp³-hybridized carbons (Fsp3) is 0.867. The highest BCUT2D eigenvalue weighted by Gasteiger charge is 2.48. The molecule has 0 aromatic heterocycles. The third-order valence-corrected chi connectivity index (χ3v) is 4.59. The number of rotatable bonds is 5. The number of carbonyl (C=O) groups excluding carboxylic acids is 2. The minimum atomic E-state index is -0.766. The highest BCUT2D eigenvalue weighted by molar-refractivity contribution is 5.99. The second-order valence-corrected chi connectivity index (χ2v) is 5.73. The van der Waals surface area contributed by atoms with Gasteiger partial charge in [0, 0.05) is 0 Å². The number of nitrogens with zero attached hydrogens (tertiary/aromatic N) is 1. The van der Waals surface area contributed by atoms with E-state index < -0.39 is 11.6 Å². The number of carbonyl (C=O) groups is 2. The molecule has 2 atom stereocenters. The second kappa shape index (κ2) is 6.75. The SMILES string of the molecule is CCC1C(=O)NC(CC)(CC)C(=O)N1CC1COCCO1. The van der Waals surface area contributed by atoms with E-state index in [0.717, 1.165) is 0 Å². The third kappa shape index (κ3) is 3.06. The van der Waals surface area contributed by atoms with E-state index >= 15 is 0 Å². The Labute approximate surface area is 126 Å². The molecule has 6 heteroatoms. The number of piperazine rings is 1. The van der Waals surface area contributed by atoms with Gasteiger partial charge in [0.05, 0.1) is 32.5 Å². The monoisotopic (exact) mass is 298 g/mol. The van der Waals surface area contributed by atoms with Crippen LogP contribution >= 0.6 is 0 Å². The van der Waals surface area contributed by atoms with Crippen LogP contribution in [-0.2, 0) is 19.1 Å². The summed E-state index contributed by atoms with van der Waals surface area (Å²) in [5.74, 6) is -0.0503. The van der Waals surface area contributed by atoms with Gasteiger partial charge in [-0.25, -0.2) is 0 Å². The van der Waals surface area contributed by atoms with Crippen LogP contribution in [-0.4, -0.2) is 60.8 Å². The quantitative estimate of drug-likeness (QED) is 0.811. The Morgan fingerprint density at radius 1 is 1.24 bits per heavy atom. The third-order valence-electron chi connectivity index (χ3n) is 4.59. The highest BCUT2D eigenvalue weighted by Crippen LogP contribution is 2.26. The minimum Gasteiger partial charge on any atom is -0.376 e. The molecule has 0 aromatic rings. The van der Waals surface area contributed by atoms with Crippen LogP contribution in [0.15, 0.2) is 0 Å². The van der Waals surface area contributed by atoms with E-state index in [1.807, 2.05) is 20.8 Å². The Bertz CT molecular complexity index is 389. The van der Waals surface area contributed by atoms with Crippen molar-refractivity contribution in [3.8, 4) is 0 Å². The van der Waals surface area contributed by atoms with Gasteiger partial charge < -0.3 is 19.7 Å². The molecule has 120 valence electrons. The normalized spacial score (nSPS) is 29.4. The predicted molar refractivity (Wildman–Crippen MR) is 77.8 cm³/mol. The lowest BCUT2D eigenvalue weighted by molar-refractivity contribution is -0.161. The van der Waals surface area contributed by atoms with Gasteiger partial charge in [-0.2, -0.15) is 0 Å². The maximum atomic E-state index is 12.9. The van der Waals surface area contributed by atoms with Gasteiger partial charge in [-0.3, -0.25) is 9.59 Å². The molecule has 21 heavy (non-hydrogen) atoms. The molecule has 2 amide bonds. The van der Waals surface area contributed by atoms with Crippen molar-refractivity contribution in [3.63, 3.8) is 0 Å². The molecule has 2 saturated heterocycles. The molecule has 2 rings (SSSR count). The average Bonchev–Trinajstić information content (AvgIpc) is 2.52. The van der Waals surface area contributed by atoms with Gasteiger partial charge in [-0.15, -0.1) is 0 Å². The molecular weight excluding hydrogens is 272 g/mol. The smallest absolute Gasteiger partial charge is 0.249 e. The molecule has 2 aliphatic heterocycles. The van der Waals surface area contributed by atoms with Crippen molar-refractivity contribution in [2.75, 3.05) is 26.4 Å². The van der Waals surface area contributed by atoms with E-state index in [2.05, 4.69) is 5.32 Å². The topological polar surface area (TPSA) is 67.9 Å². The van der Waals surface area contributed by atoms with E-state index in [1.165, 1.54) is 0 Å². The summed E-state index contributed by atoms with van der Waals surface area (Å²) >= 11 is 0. The Morgan fingerprint density at radius 3 is 2.48 bits per heavy atom. The zero-order chi connectivity index (χ0) is 15.5. The van der Waals surface area contributed by atoms with Crippen LogP contribution in [0.25, 0.3) is 0 Å². The molecule has 0 radical (unpaired) electrons. The molecule has 0 aliphatic carbocycles. The molecule has 2 heterocycles. The van der Waals surface area contributed by atoms with Crippen LogP contribution in [0.1, 0.15) is 40.0 Å². The maximum absolute atomic E-state index is 12.9. The first-order valence-corrected chi connectivity index (χ1v) is 7.90. The van der Waals surface area contributed by atoms with Crippen molar-refractivity contribution in [1.82, 2.24) is 10.2 Å². The first kappa shape index (κ1) is 16.2. The fourth-order valence-corrected chi connectivity index (χ4v) is 3.14. The van der Waals surface area contributed by atoms with Gasteiger partial charge >= 0.3 is 0 Å². The lowest BCUT2D eigenvalue weighted by atomic mass is 9.86. The van der Waals surface area contributed by atoms with Gasteiger partial charge in [0.15, 0.2) is 0 Å². The molecule has 2 unspecified atom stereocenters. The first-order chi connectivity index (χ1) is 10.1. The van der Waals surface area contributed by atoms with Crippen LogP contribution in [0.2, 0.25) is 0 Å². The van der Waals surface area contributed by atoms with Crippen molar-refractivity contribution < 1.29 is 19.1 Å². The number of amides is 2. The summed E-state index contributed by atoms with van der Waals surface area (Å²) in [5, 5.41) is 2.95. The number of ether oxygens (including phenoxy) is 2. The molecular formula is C15H26N2O4. The van der Waals surface area contributed by atoms with Gasteiger partial charge in [-0.05, 0) is 19.3 Å². The lowest BCUT2D eigenvalue weighted by Crippen LogP contribution is -2.70. The average molecular weight is 298 g/mol. The molecule has 0 saturated carbocycles. The van der Waals surface area contributed by atoms with Crippen molar-refractivity contribution >= 4 is 11.8 Å². The maximum Gasteiger partial charge on any atom is 0.249 e. The summed E-state index contributed by atoms with van der Waals surface area (Å²) in [6, 6.07) is -0.408. The Kier molecular flexibility index (Phi) is 5.22. The van der Waals surface area contributed by atoms with Crippen molar-refractivity contribution in [2.45, 2.75) is 57.7 Å². The molecule has 1 N–H and O–H groups in total. The summed E-state index contributed by atoms with van der Waals surface area (Å²) in [7, 11) is 0. The summed E-state index contributed by atoms with van der Waals surface area (Å²) in [5.41, 5.74) is -0.766. The Morgan fingerprint density at radius 2 is 1.95 bits per heavy atom.